The summed E-state index contributed by atoms with van der Waals surface area (Å²) in [7, 11) is 1.54. The van der Waals surface area contributed by atoms with Crippen molar-refractivity contribution in [1.29, 1.82) is 0 Å². The second-order valence-corrected chi connectivity index (χ2v) is 9.30. The molecule has 10 heteroatoms. The SMILES string of the molecule is COc1ccc(-c2coc3c4c(cc(O)c3c2=O)OC(=O)CC4c2cc3cc4c(cc3[nH]c2=O)OCO4)cc1. The number of fused-ring (bicyclic) bond motifs is 5. The highest BCUT2D eigenvalue weighted by molar-refractivity contribution is 5.94. The lowest BCUT2D eigenvalue weighted by atomic mass is 9.85. The zero-order chi connectivity index (χ0) is 26.8. The maximum atomic E-state index is 13.6. The number of aromatic hydroxyl groups is 1. The number of rotatable bonds is 3. The Hall–Kier alpha value is -5.25. The first-order valence-electron chi connectivity index (χ1n) is 12.0. The molecule has 0 aliphatic carbocycles. The largest absolute Gasteiger partial charge is 0.507 e. The van der Waals surface area contributed by atoms with E-state index in [4.69, 9.17) is 23.4 Å². The molecule has 0 saturated heterocycles. The van der Waals surface area contributed by atoms with Crippen LogP contribution in [0.25, 0.3) is 33.0 Å². The summed E-state index contributed by atoms with van der Waals surface area (Å²) in [4.78, 5) is 42.3. The third-order valence-corrected chi connectivity index (χ3v) is 7.11. The molecule has 0 spiro atoms. The number of hydrogen-bond donors (Lipinski definition) is 2. The van der Waals surface area contributed by atoms with Crippen LogP contribution >= 0.6 is 0 Å². The number of aromatic nitrogens is 1. The average molecular weight is 525 g/mol. The van der Waals surface area contributed by atoms with Crippen LogP contribution in [-0.2, 0) is 4.79 Å². The van der Waals surface area contributed by atoms with Crippen molar-refractivity contribution in [3.05, 3.63) is 86.5 Å². The molecule has 0 fully saturated rings. The molecule has 5 aromatic rings. The van der Waals surface area contributed by atoms with E-state index in [1.165, 1.54) is 12.3 Å². The van der Waals surface area contributed by atoms with Crippen LogP contribution in [0.4, 0.5) is 0 Å². The molecular weight excluding hydrogens is 506 g/mol. The number of carbonyl (C=O) groups excluding carboxylic acids is 1. The van der Waals surface area contributed by atoms with Gasteiger partial charge in [-0.1, -0.05) is 12.1 Å². The fourth-order valence-electron chi connectivity index (χ4n) is 5.24. The molecule has 194 valence electrons. The first-order valence-corrected chi connectivity index (χ1v) is 12.0. The lowest BCUT2D eigenvalue weighted by Gasteiger charge is -2.25. The quantitative estimate of drug-likeness (QED) is 0.262. The van der Waals surface area contributed by atoms with Gasteiger partial charge in [-0.3, -0.25) is 14.4 Å². The van der Waals surface area contributed by atoms with Gasteiger partial charge in [0, 0.05) is 34.6 Å². The summed E-state index contributed by atoms with van der Waals surface area (Å²) < 4.78 is 27.4. The van der Waals surface area contributed by atoms with Crippen LogP contribution in [0.5, 0.6) is 28.7 Å². The Morgan fingerprint density at radius 3 is 2.51 bits per heavy atom. The van der Waals surface area contributed by atoms with Crippen LogP contribution in [0.2, 0.25) is 0 Å². The van der Waals surface area contributed by atoms with Crippen molar-refractivity contribution in [3.63, 3.8) is 0 Å². The summed E-state index contributed by atoms with van der Waals surface area (Å²) in [5.41, 5.74) is 1.07. The van der Waals surface area contributed by atoms with Gasteiger partial charge in [-0.25, -0.2) is 0 Å². The molecule has 10 nitrogen and oxygen atoms in total. The number of esters is 1. The number of benzene rings is 3. The fourth-order valence-corrected chi connectivity index (χ4v) is 5.24. The topological polar surface area (TPSA) is 137 Å². The third-order valence-electron chi connectivity index (χ3n) is 7.11. The smallest absolute Gasteiger partial charge is 0.312 e. The van der Waals surface area contributed by atoms with Gasteiger partial charge < -0.3 is 33.5 Å². The second kappa shape index (κ2) is 8.38. The highest BCUT2D eigenvalue weighted by atomic mass is 16.7. The van der Waals surface area contributed by atoms with Crippen molar-refractivity contribution in [2.45, 2.75) is 12.3 Å². The third kappa shape index (κ3) is 3.52. The maximum absolute atomic E-state index is 13.6. The van der Waals surface area contributed by atoms with Gasteiger partial charge in [0.25, 0.3) is 5.56 Å². The van der Waals surface area contributed by atoms with Crippen LogP contribution in [0.15, 0.2) is 68.8 Å². The van der Waals surface area contributed by atoms with Crippen LogP contribution < -0.4 is 29.9 Å². The molecule has 2 aliphatic heterocycles. The standard InChI is InChI=1S/C29H19NO9/c1-35-15-4-2-13(3-5-15)18-11-36-28-25-16(8-24(32)39-23(25)10-20(31)26(28)27(18)33)17-6-14-7-21-22(38-12-37-21)9-19(14)30-29(17)34/h2-7,9-11,16,31H,8,12H2,1H3,(H,30,34). The van der Waals surface area contributed by atoms with Gasteiger partial charge in [0.1, 0.15) is 34.5 Å². The van der Waals surface area contributed by atoms with Crippen molar-refractivity contribution in [1.82, 2.24) is 4.98 Å². The summed E-state index contributed by atoms with van der Waals surface area (Å²) in [6.07, 6.45) is 1.13. The number of carbonyl (C=O) groups is 1. The first kappa shape index (κ1) is 22.9. The Kier molecular flexibility index (Phi) is 4.93. The van der Waals surface area contributed by atoms with E-state index in [1.807, 2.05) is 0 Å². The van der Waals surface area contributed by atoms with E-state index in [9.17, 15) is 19.5 Å². The van der Waals surface area contributed by atoms with Gasteiger partial charge in [0.15, 0.2) is 11.5 Å². The minimum absolute atomic E-state index is 0.0202. The van der Waals surface area contributed by atoms with Gasteiger partial charge in [-0.2, -0.15) is 0 Å². The van der Waals surface area contributed by atoms with E-state index >= 15 is 0 Å². The zero-order valence-corrected chi connectivity index (χ0v) is 20.4. The fraction of sp³-hybridized carbons (Fsp3) is 0.138. The van der Waals surface area contributed by atoms with E-state index in [1.54, 1.807) is 49.6 Å². The summed E-state index contributed by atoms with van der Waals surface area (Å²) >= 11 is 0. The molecule has 1 unspecified atom stereocenters. The summed E-state index contributed by atoms with van der Waals surface area (Å²) in [5, 5.41) is 11.4. The number of aromatic amines is 1. The molecular formula is C29H19NO9. The minimum atomic E-state index is -0.807. The number of phenolic OH excluding ortho intramolecular Hbond substituents is 1. The number of nitrogens with one attached hydrogen (secondary N) is 1. The summed E-state index contributed by atoms with van der Waals surface area (Å²) in [5.74, 6) is -0.0975. The number of phenols is 1. The number of pyridine rings is 1. The summed E-state index contributed by atoms with van der Waals surface area (Å²) in [6.45, 7) is 0.0810. The zero-order valence-electron chi connectivity index (χ0n) is 20.4. The number of H-pyrrole nitrogens is 1. The van der Waals surface area contributed by atoms with Crippen molar-refractivity contribution < 1.29 is 33.3 Å². The van der Waals surface area contributed by atoms with E-state index in [-0.39, 0.29) is 41.1 Å². The molecule has 0 amide bonds. The van der Waals surface area contributed by atoms with Crippen LogP contribution in [0.1, 0.15) is 23.5 Å². The predicted molar refractivity (Wildman–Crippen MR) is 139 cm³/mol. The van der Waals surface area contributed by atoms with E-state index in [2.05, 4.69) is 4.98 Å². The van der Waals surface area contributed by atoms with Gasteiger partial charge in [0.2, 0.25) is 12.2 Å². The molecule has 2 aliphatic rings. The second-order valence-electron chi connectivity index (χ2n) is 9.30. The average Bonchev–Trinajstić information content (AvgIpc) is 3.38. The Bertz CT molecular complexity index is 1950. The molecule has 2 aromatic heterocycles. The Morgan fingerprint density at radius 1 is 0.974 bits per heavy atom. The van der Waals surface area contributed by atoms with Crippen LogP contribution in [0, 0.1) is 0 Å². The molecule has 4 heterocycles. The van der Waals surface area contributed by atoms with Gasteiger partial charge >= 0.3 is 5.97 Å². The van der Waals surface area contributed by atoms with Crippen LogP contribution in [-0.4, -0.2) is 30.0 Å². The molecule has 7 rings (SSSR count). The van der Waals surface area contributed by atoms with Gasteiger partial charge in [-0.05, 0) is 29.8 Å². The first-order chi connectivity index (χ1) is 18.9. The Balaban J connectivity index is 1.44. The molecule has 39 heavy (non-hydrogen) atoms. The molecule has 0 bridgehead atoms. The van der Waals surface area contributed by atoms with E-state index in [0.717, 1.165) is 0 Å². The monoisotopic (exact) mass is 525 g/mol. The molecule has 0 radical (unpaired) electrons. The van der Waals surface area contributed by atoms with Crippen LogP contribution in [0.3, 0.4) is 0 Å². The van der Waals surface area contributed by atoms with Crippen molar-refractivity contribution in [2.75, 3.05) is 13.9 Å². The minimum Gasteiger partial charge on any atom is -0.507 e. The Labute approximate surface area is 218 Å². The van der Waals surface area contributed by atoms with Gasteiger partial charge in [-0.15, -0.1) is 0 Å². The number of ether oxygens (including phenoxy) is 4. The lowest BCUT2D eigenvalue weighted by Crippen LogP contribution is -2.26. The highest BCUT2D eigenvalue weighted by Gasteiger charge is 2.35. The van der Waals surface area contributed by atoms with Crippen molar-refractivity contribution in [3.8, 4) is 39.9 Å². The number of hydrogen-bond acceptors (Lipinski definition) is 9. The van der Waals surface area contributed by atoms with E-state index in [0.29, 0.717) is 39.3 Å². The highest BCUT2D eigenvalue weighted by Crippen LogP contribution is 2.45. The maximum Gasteiger partial charge on any atom is 0.312 e. The summed E-state index contributed by atoms with van der Waals surface area (Å²) in [6, 6.07) is 13.1. The van der Waals surface area contributed by atoms with E-state index < -0.39 is 28.6 Å². The molecule has 2 N–H and O–H groups in total. The normalized spacial score (nSPS) is 15.8. The van der Waals surface area contributed by atoms with Gasteiger partial charge in [0.05, 0.1) is 24.6 Å². The Morgan fingerprint density at radius 2 is 1.74 bits per heavy atom. The molecule has 0 saturated carbocycles. The molecule has 3 aromatic carbocycles. The number of methoxy groups -OCH3 is 1. The molecule has 1 atom stereocenters. The van der Waals surface area contributed by atoms with Crippen molar-refractivity contribution >= 4 is 27.8 Å². The van der Waals surface area contributed by atoms with Crippen molar-refractivity contribution in [2.24, 2.45) is 0 Å². The lowest BCUT2D eigenvalue weighted by molar-refractivity contribution is -0.135. The predicted octanol–water partition coefficient (Wildman–Crippen LogP) is 4.19.